The third-order valence-electron chi connectivity index (χ3n) is 7.70. The van der Waals surface area contributed by atoms with E-state index in [1.807, 2.05) is 45.0 Å². The van der Waals surface area contributed by atoms with Gasteiger partial charge in [0.15, 0.2) is 0 Å². The fraction of sp³-hybridized carbons (Fsp3) is 0.394. The van der Waals surface area contributed by atoms with Crippen LogP contribution in [-0.2, 0) is 42.1 Å². The van der Waals surface area contributed by atoms with Gasteiger partial charge in [0.2, 0.25) is 0 Å². The molecular formula is C33H35ClFN3O4. The lowest BCUT2D eigenvalue weighted by molar-refractivity contribution is -0.0592. The van der Waals surface area contributed by atoms with Crippen LogP contribution in [0.2, 0.25) is 5.02 Å². The number of hydrogen-bond acceptors (Lipinski definition) is 6. The Bertz CT molecular complexity index is 1630. The van der Waals surface area contributed by atoms with Crippen LogP contribution >= 0.6 is 11.6 Å². The van der Waals surface area contributed by atoms with Crippen molar-refractivity contribution >= 4 is 28.6 Å². The molecule has 7 nitrogen and oxygen atoms in total. The van der Waals surface area contributed by atoms with Gasteiger partial charge in [0.05, 0.1) is 40.8 Å². The quantitative estimate of drug-likeness (QED) is 0.212. The summed E-state index contributed by atoms with van der Waals surface area (Å²) in [5, 5.41) is 0.0909. The number of esters is 1. The minimum Gasteiger partial charge on any atom is -0.489 e. The van der Waals surface area contributed by atoms with E-state index in [0.29, 0.717) is 30.0 Å². The summed E-state index contributed by atoms with van der Waals surface area (Å²) in [5.41, 5.74) is 4.58. The summed E-state index contributed by atoms with van der Waals surface area (Å²) in [6.07, 6.45) is 2.05. The molecule has 3 aromatic carbocycles. The van der Waals surface area contributed by atoms with Gasteiger partial charge in [0, 0.05) is 25.3 Å². The normalized spacial score (nSPS) is 17.1. The lowest BCUT2D eigenvalue weighted by Gasteiger charge is -2.30. The highest BCUT2D eigenvalue weighted by Gasteiger charge is 2.25. The highest BCUT2D eigenvalue weighted by atomic mass is 35.5. The summed E-state index contributed by atoms with van der Waals surface area (Å²) in [7, 11) is 0. The molecule has 6 rings (SSSR count). The number of imidazole rings is 1. The summed E-state index contributed by atoms with van der Waals surface area (Å²) >= 11 is 5.92. The molecule has 0 aliphatic carbocycles. The van der Waals surface area contributed by atoms with Gasteiger partial charge in [-0.3, -0.25) is 4.90 Å². The molecule has 0 bridgehead atoms. The molecule has 2 aliphatic rings. The number of carbonyl (C=O) groups excluding carboxylic acids is 1. The molecule has 0 saturated carbocycles. The van der Waals surface area contributed by atoms with Gasteiger partial charge in [-0.25, -0.2) is 14.2 Å². The zero-order chi connectivity index (χ0) is 29.4. The first kappa shape index (κ1) is 28.6. The molecule has 220 valence electrons. The van der Waals surface area contributed by atoms with Gasteiger partial charge in [0.1, 0.15) is 29.6 Å². The standard InChI is InChI=1S/C33H35ClFN3O4/c1-33(2,3)42-32(39)22-8-10-28-29(16-22)38(18-26-12-14-40-26)30(36-28)19-37-13-11-21-7-9-25(15-24(21)17-37)41-20-23-5-4-6-27(34)31(23)35/h4-10,15-16,26H,11-14,17-20H2,1-3H3/t26-/m0/s1. The Morgan fingerprint density at radius 2 is 1.98 bits per heavy atom. The van der Waals surface area contributed by atoms with E-state index in [9.17, 15) is 9.18 Å². The molecule has 4 aromatic rings. The van der Waals surface area contributed by atoms with Crippen molar-refractivity contribution in [2.75, 3.05) is 13.2 Å². The number of carbonyl (C=O) groups is 1. The van der Waals surface area contributed by atoms with Gasteiger partial charge < -0.3 is 18.8 Å². The monoisotopic (exact) mass is 591 g/mol. The first-order valence-corrected chi connectivity index (χ1v) is 14.7. The fourth-order valence-corrected chi connectivity index (χ4v) is 5.62. The predicted octanol–water partition coefficient (Wildman–Crippen LogP) is 6.71. The van der Waals surface area contributed by atoms with Crippen LogP contribution in [0.5, 0.6) is 5.75 Å². The van der Waals surface area contributed by atoms with Crippen LogP contribution in [-0.4, -0.2) is 45.3 Å². The topological polar surface area (TPSA) is 65.8 Å². The zero-order valence-corrected chi connectivity index (χ0v) is 24.9. The van der Waals surface area contributed by atoms with Crippen molar-refractivity contribution in [1.82, 2.24) is 14.5 Å². The SMILES string of the molecule is CC(C)(C)OC(=O)c1ccc2nc(CN3CCc4ccc(OCc5cccc(Cl)c5F)cc4C3)n(C[C@@H]3CCO3)c2c1. The largest absolute Gasteiger partial charge is 0.489 e. The molecule has 9 heteroatoms. The van der Waals surface area contributed by atoms with E-state index in [-0.39, 0.29) is 23.7 Å². The first-order valence-electron chi connectivity index (χ1n) is 14.4. The molecule has 0 unspecified atom stereocenters. The van der Waals surface area contributed by atoms with Crippen LogP contribution in [0.25, 0.3) is 11.0 Å². The average molecular weight is 592 g/mol. The highest BCUT2D eigenvalue weighted by Crippen LogP contribution is 2.28. The van der Waals surface area contributed by atoms with E-state index in [2.05, 4.69) is 15.5 Å². The molecule has 0 amide bonds. The number of ether oxygens (including phenoxy) is 3. The van der Waals surface area contributed by atoms with Crippen LogP contribution < -0.4 is 4.74 Å². The van der Waals surface area contributed by atoms with Gasteiger partial charge in [-0.2, -0.15) is 0 Å². The van der Waals surface area contributed by atoms with E-state index < -0.39 is 11.4 Å². The minimum absolute atomic E-state index is 0.0909. The molecule has 1 aromatic heterocycles. The van der Waals surface area contributed by atoms with Crippen molar-refractivity contribution in [2.24, 2.45) is 0 Å². The maximum Gasteiger partial charge on any atom is 0.338 e. The van der Waals surface area contributed by atoms with E-state index in [1.54, 1.807) is 18.2 Å². The number of rotatable bonds is 8. The molecule has 3 heterocycles. The van der Waals surface area contributed by atoms with Crippen LogP contribution in [0, 0.1) is 5.82 Å². The van der Waals surface area contributed by atoms with Gasteiger partial charge in [-0.05, 0) is 81.1 Å². The van der Waals surface area contributed by atoms with E-state index in [0.717, 1.165) is 49.4 Å². The summed E-state index contributed by atoms with van der Waals surface area (Å²) in [6, 6.07) is 16.6. The summed E-state index contributed by atoms with van der Waals surface area (Å²) in [4.78, 5) is 20.2. The third-order valence-corrected chi connectivity index (χ3v) is 7.99. The Balaban J connectivity index is 1.21. The lowest BCUT2D eigenvalue weighted by Crippen LogP contribution is -2.34. The van der Waals surface area contributed by atoms with Crippen molar-refractivity contribution in [3.63, 3.8) is 0 Å². The smallest absolute Gasteiger partial charge is 0.338 e. The molecule has 0 radical (unpaired) electrons. The number of benzene rings is 3. The van der Waals surface area contributed by atoms with E-state index in [1.165, 1.54) is 17.2 Å². The Morgan fingerprint density at radius 1 is 1.14 bits per heavy atom. The van der Waals surface area contributed by atoms with Gasteiger partial charge >= 0.3 is 5.97 Å². The molecule has 2 aliphatic heterocycles. The summed E-state index contributed by atoms with van der Waals surface area (Å²) in [6.45, 7) is 9.45. The molecule has 0 spiro atoms. The van der Waals surface area contributed by atoms with Crippen molar-refractivity contribution in [1.29, 1.82) is 0 Å². The zero-order valence-electron chi connectivity index (χ0n) is 24.2. The first-order chi connectivity index (χ1) is 20.1. The molecular weight excluding hydrogens is 557 g/mol. The third kappa shape index (κ3) is 6.31. The number of fused-ring (bicyclic) bond motifs is 2. The van der Waals surface area contributed by atoms with Crippen molar-refractivity contribution in [2.45, 2.75) is 71.6 Å². The van der Waals surface area contributed by atoms with Crippen LogP contribution in [0.4, 0.5) is 4.39 Å². The van der Waals surface area contributed by atoms with Gasteiger partial charge in [-0.1, -0.05) is 29.8 Å². The Hall–Kier alpha value is -3.46. The van der Waals surface area contributed by atoms with Crippen LogP contribution in [0.15, 0.2) is 54.6 Å². The second-order valence-corrected chi connectivity index (χ2v) is 12.4. The van der Waals surface area contributed by atoms with Crippen molar-refractivity contribution in [3.05, 3.63) is 93.5 Å². The number of halogens is 2. The second-order valence-electron chi connectivity index (χ2n) is 12.0. The van der Waals surface area contributed by atoms with Crippen molar-refractivity contribution in [3.8, 4) is 5.75 Å². The Morgan fingerprint density at radius 3 is 2.74 bits per heavy atom. The lowest BCUT2D eigenvalue weighted by atomic mass is 9.99. The number of hydrogen-bond donors (Lipinski definition) is 0. The Kier molecular flexibility index (Phi) is 7.96. The van der Waals surface area contributed by atoms with Gasteiger partial charge in [0.25, 0.3) is 0 Å². The molecule has 42 heavy (non-hydrogen) atoms. The van der Waals surface area contributed by atoms with E-state index >= 15 is 0 Å². The second kappa shape index (κ2) is 11.7. The van der Waals surface area contributed by atoms with Gasteiger partial charge in [-0.15, -0.1) is 0 Å². The number of nitrogens with zero attached hydrogens (tertiary/aromatic N) is 3. The predicted molar refractivity (Wildman–Crippen MR) is 159 cm³/mol. The molecule has 1 saturated heterocycles. The average Bonchev–Trinajstić information content (AvgIpc) is 3.26. The highest BCUT2D eigenvalue weighted by molar-refractivity contribution is 6.30. The Labute approximate surface area is 250 Å². The van der Waals surface area contributed by atoms with E-state index in [4.69, 9.17) is 30.8 Å². The molecule has 1 fully saturated rings. The summed E-state index contributed by atoms with van der Waals surface area (Å²) < 4.78 is 33.8. The van der Waals surface area contributed by atoms with Crippen LogP contribution in [0.3, 0.4) is 0 Å². The summed E-state index contributed by atoms with van der Waals surface area (Å²) in [5.74, 6) is 0.840. The minimum atomic E-state index is -0.571. The maximum absolute atomic E-state index is 14.3. The maximum atomic E-state index is 14.3. The fourth-order valence-electron chi connectivity index (χ4n) is 5.43. The van der Waals surface area contributed by atoms with Crippen molar-refractivity contribution < 1.29 is 23.4 Å². The number of aromatic nitrogens is 2. The van der Waals surface area contributed by atoms with Crippen LogP contribution in [0.1, 0.15) is 60.1 Å². The molecule has 1 atom stereocenters. The molecule has 0 N–H and O–H groups in total.